The molecule has 0 fully saturated rings. The number of hydrogen-bond donors (Lipinski definition) is 0. The predicted molar refractivity (Wildman–Crippen MR) is 256 cm³/mol. The molecule has 2 aromatic heterocycles. The maximum absolute atomic E-state index is 5.27. The Kier molecular flexibility index (Phi) is 7.69. The second kappa shape index (κ2) is 13.6. The number of fused-ring (bicyclic) bond motifs is 13. The molecule has 13 rings (SSSR count). The molecule has 0 amide bonds. The van der Waals surface area contributed by atoms with Crippen LogP contribution in [-0.2, 0) is 5.41 Å². The molecule has 2 aliphatic rings. The van der Waals surface area contributed by atoms with Gasteiger partial charge in [-0.1, -0.05) is 188 Å². The minimum absolute atomic E-state index is 0.406. The van der Waals surface area contributed by atoms with Crippen LogP contribution in [0.2, 0.25) is 0 Å². The lowest BCUT2D eigenvalue weighted by Crippen LogP contribution is -2.25. The summed E-state index contributed by atoms with van der Waals surface area (Å²) in [5, 5.41) is 2.56. The van der Waals surface area contributed by atoms with E-state index in [2.05, 4.69) is 194 Å². The van der Waals surface area contributed by atoms with Gasteiger partial charge >= 0.3 is 0 Å². The van der Waals surface area contributed by atoms with E-state index < -0.39 is 5.41 Å². The summed E-state index contributed by atoms with van der Waals surface area (Å²) in [5.41, 5.74) is 17.5. The van der Waals surface area contributed by atoms with Crippen LogP contribution in [-0.4, -0.2) is 15.0 Å². The minimum atomic E-state index is -0.406. The van der Waals surface area contributed by atoms with Gasteiger partial charge in [-0.2, -0.15) is 0 Å². The number of rotatable bonds is 5. The van der Waals surface area contributed by atoms with Crippen LogP contribution in [0.15, 0.2) is 212 Å². The third-order valence-electron chi connectivity index (χ3n) is 13.0. The van der Waals surface area contributed by atoms with Crippen molar-refractivity contribution in [2.75, 3.05) is 0 Å². The molecule has 0 saturated carbocycles. The Morgan fingerprint density at radius 1 is 0.306 bits per heavy atom. The van der Waals surface area contributed by atoms with E-state index in [1.807, 2.05) is 29.5 Å². The van der Waals surface area contributed by atoms with Crippen LogP contribution >= 0.6 is 11.3 Å². The Hall–Kier alpha value is -7.79. The summed E-state index contributed by atoms with van der Waals surface area (Å²) in [4.78, 5) is 15.6. The number of aromatic nitrogens is 3. The lowest BCUT2D eigenvalue weighted by Gasteiger charge is -2.30. The molecule has 2 aliphatic carbocycles. The van der Waals surface area contributed by atoms with Crippen LogP contribution in [0.4, 0.5) is 0 Å². The van der Waals surface area contributed by atoms with Crippen molar-refractivity contribution in [1.82, 2.24) is 15.0 Å². The number of thiophene rings is 1. The Balaban J connectivity index is 0.974. The second-order valence-corrected chi connectivity index (χ2v) is 17.3. The molecular formula is C58H35N3S. The van der Waals surface area contributed by atoms with Crippen molar-refractivity contribution in [2.24, 2.45) is 0 Å². The number of hydrogen-bond acceptors (Lipinski definition) is 4. The van der Waals surface area contributed by atoms with E-state index in [9.17, 15) is 0 Å². The zero-order valence-electron chi connectivity index (χ0n) is 33.5. The Morgan fingerprint density at radius 3 is 1.44 bits per heavy atom. The summed E-state index contributed by atoms with van der Waals surface area (Å²) in [6.45, 7) is 0. The van der Waals surface area contributed by atoms with E-state index in [1.165, 1.54) is 75.8 Å². The van der Waals surface area contributed by atoms with E-state index >= 15 is 0 Å². The summed E-state index contributed by atoms with van der Waals surface area (Å²) in [6.07, 6.45) is 0. The van der Waals surface area contributed by atoms with Crippen molar-refractivity contribution >= 4 is 31.5 Å². The first-order valence-corrected chi connectivity index (χ1v) is 21.9. The Labute approximate surface area is 363 Å². The van der Waals surface area contributed by atoms with Gasteiger partial charge in [0.25, 0.3) is 0 Å². The highest BCUT2D eigenvalue weighted by molar-refractivity contribution is 7.25. The fourth-order valence-corrected chi connectivity index (χ4v) is 11.5. The van der Waals surface area contributed by atoms with Crippen molar-refractivity contribution in [3.63, 3.8) is 0 Å². The highest BCUT2D eigenvalue weighted by atomic mass is 32.1. The van der Waals surface area contributed by atoms with Crippen LogP contribution in [0.5, 0.6) is 0 Å². The molecule has 2 heterocycles. The fraction of sp³-hybridized carbons (Fsp3) is 0.0172. The topological polar surface area (TPSA) is 38.7 Å². The quantitative estimate of drug-likeness (QED) is 0.174. The van der Waals surface area contributed by atoms with Crippen LogP contribution in [0.1, 0.15) is 22.3 Å². The highest BCUT2D eigenvalue weighted by Crippen LogP contribution is 2.64. The molecule has 11 aromatic rings. The molecule has 0 radical (unpaired) electrons. The fourth-order valence-electron chi connectivity index (χ4n) is 10.4. The van der Waals surface area contributed by atoms with Crippen LogP contribution in [0.25, 0.3) is 98.8 Å². The van der Waals surface area contributed by atoms with E-state index in [-0.39, 0.29) is 0 Å². The first-order valence-electron chi connectivity index (χ1n) is 21.1. The zero-order chi connectivity index (χ0) is 40.8. The van der Waals surface area contributed by atoms with Gasteiger partial charge in [0.05, 0.1) is 5.41 Å². The second-order valence-electron chi connectivity index (χ2n) is 16.2. The molecule has 3 nitrogen and oxygen atoms in total. The van der Waals surface area contributed by atoms with E-state index in [0.717, 1.165) is 27.8 Å². The monoisotopic (exact) mass is 805 g/mol. The largest absolute Gasteiger partial charge is 0.208 e. The van der Waals surface area contributed by atoms with Crippen LogP contribution < -0.4 is 0 Å². The molecule has 288 valence electrons. The van der Waals surface area contributed by atoms with E-state index in [1.54, 1.807) is 0 Å². The molecule has 0 atom stereocenters. The van der Waals surface area contributed by atoms with Crippen molar-refractivity contribution in [3.8, 4) is 78.7 Å². The summed E-state index contributed by atoms with van der Waals surface area (Å²) in [5.74, 6) is 1.91. The summed E-state index contributed by atoms with van der Waals surface area (Å²) >= 11 is 1.84. The molecule has 4 heteroatoms. The maximum Gasteiger partial charge on any atom is 0.164 e. The van der Waals surface area contributed by atoms with Gasteiger partial charge < -0.3 is 0 Å². The predicted octanol–water partition coefficient (Wildman–Crippen LogP) is 14.9. The molecule has 1 spiro atoms. The smallest absolute Gasteiger partial charge is 0.164 e. The van der Waals surface area contributed by atoms with E-state index in [0.29, 0.717) is 17.5 Å². The SMILES string of the molecule is c1ccc(-c2nc(-c3cccc(-c4cccc5c4-c4ccccc4C54c5ccccc5-c5ccccc54)c3)nc(-c3cccc(-c4cccc5sc6ccccc6c45)c3)n2)cc1. The van der Waals surface area contributed by atoms with Gasteiger partial charge in [-0.25, -0.2) is 15.0 Å². The van der Waals surface area contributed by atoms with Gasteiger partial charge in [-0.15, -0.1) is 11.3 Å². The van der Waals surface area contributed by atoms with Crippen LogP contribution in [0.3, 0.4) is 0 Å². The molecule has 9 aromatic carbocycles. The molecule has 0 N–H and O–H groups in total. The maximum atomic E-state index is 5.27. The third kappa shape index (κ3) is 5.08. The zero-order valence-corrected chi connectivity index (χ0v) is 34.3. The number of nitrogens with zero attached hydrogens (tertiary/aromatic N) is 3. The lowest BCUT2D eigenvalue weighted by molar-refractivity contribution is 0.794. The molecule has 0 bridgehead atoms. The number of benzene rings is 9. The molecule has 0 unspecified atom stereocenters. The first-order chi connectivity index (χ1) is 30.7. The van der Waals surface area contributed by atoms with Crippen molar-refractivity contribution in [1.29, 1.82) is 0 Å². The van der Waals surface area contributed by atoms with Crippen molar-refractivity contribution in [3.05, 3.63) is 235 Å². The lowest BCUT2D eigenvalue weighted by atomic mass is 9.70. The normalized spacial score (nSPS) is 13.0. The van der Waals surface area contributed by atoms with Gasteiger partial charge in [0.1, 0.15) is 0 Å². The molecule has 0 saturated heterocycles. The van der Waals surface area contributed by atoms with Crippen LogP contribution in [0, 0.1) is 0 Å². The average Bonchev–Trinajstić information content (AvgIpc) is 3.99. The minimum Gasteiger partial charge on any atom is -0.208 e. The summed E-state index contributed by atoms with van der Waals surface area (Å²) in [6, 6.07) is 76.7. The van der Waals surface area contributed by atoms with Crippen molar-refractivity contribution in [2.45, 2.75) is 5.41 Å². The van der Waals surface area contributed by atoms with Gasteiger partial charge in [0, 0.05) is 36.9 Å². The standard InChI is InChI=1S/C58H35N3S/c1-2-16-36(17-3-1)55-59-56(61-57(60-55)40-21-13-19-38(35-40)42-27-15-33-52-54(42)46-25-7-11-32-51(46)62-52)39-20-12-18-37(34-39)41-26-14-31-50-53(41)45-24-6-10-30-49(45)58(50)47-28-8-4-22-43(47)44-23-5-9-29-48(44)58/h1-35H. The highest BCUT2D eigenvalue weighted by Gasteiger charge is 2.51. The Morgan fingerprint density at radius 2 is 0.742 bits per heavy atom. The Bertz CT molecular complexity index is 3560. The van der Waals surface area contributed by atoms with Gasteiger partial charge in [0.15, 0.2) is 17.5 Å². The third-order valence-corrected chi connectivity index (χ3v) is 14.1. The van der Waals surface area contributed by atoms with E-state index in [4.69, 9.17) is 15.0 Å². The molecule has 0 aliphatic heterocycles. The molecule has 62 heavy (non-hydrogen) atoms. The first kappa shape index (κ1) is 35.0. The van der Waals surface area contributed by atoms with Gasteiger partial charge in [-0.3, -0.25) is 0 Å². The molecular weight excluding hydrogens is 771 g/mol. The summed E-state index contributed by atoms with van der Waals surface area (Å²) in [7, 11) is 0. The summed E-state index contributed by atoms with van der Waals surface area (Å²) < 4.78 is 2.57. The average molecular weight is 806 g/mol. The van der Waals surface area contributed by atoms with Crippen molar-refractivity contribution < 1.29 is 0 Å². The van der Waals surface area contributed by atoms with Gasteiger partial charge in [-0.05, 0) is 91.0 Å². The van der Waals surface area contributed by atoms with Gasteiger partial charge in [0.2, 0.25) is 0 Å².